The molecule has 0 aliphatic heterocycles. The molecule has 0 radical (unpaired) electrons. The Labute approximate surface area is 126 Å². The molecule has 2 atom stereocenters. The average Bonchev–Trinajstić information content (AvgIpc) is 2.95. The van der Waals surface area contributed by atoms with Crippen LogP contribution in [-0.4, -0.2) is 21.4 Å². The number of nitrogens with one attached hydrogen (secondary N) is 1. The second-order valence-electron chi connectivity index (χ2n) is 5.85. The largest absolute Gasteiger partial charge is 0.387 e. The fourth-order valence-electron chi connectivity index (χ4n) is 2.34. The highest BCUT2D eigenvalue weighted by Gasteiger charge is 2.13. The van der Waals surface area contributed by atoms with Crippen molar-refractivity contribution in [1.29, 1.82) is 0 Å². The van der Waals surface area contributed by atoms with Crippen LogP contribution in [0.3, 0.4) is 0 Å². The molecule has 4 heteroatoms. The smallest absolute Gasteiger partial charge is 0.0917 e. The van der Waals surface area contributed by atoms with Crippen molar-refractivity contribution in [2.45, 2.75) is 45.9 Å². The van der Waals surface area contributed by atoms with Gasteiger partial charge in [0.2, 0.25) is 0 Å². The number of nitrogens with zero attached hydrogens (tertiary/aromatic N) is 2. The molecule has 114 valence electrons. The first-order chi connectivity index (χ1) is 9.99. The fourth-order valence-corrected chi connectivity index (χ4v) is 2.34. The van der Waals surface area contributed by atoms with Crippen LogP contribution in [0.4, 0.5) is 0 Å². The van der Waals surface area contributed by atoms with Crippen LogP contribution in [-0.2, 0) is 0 Å². The Hall–Kier alpha value is -1.65. The van der Waals surface area contributed by atoms with Crippen LogP contribution in [0.5, 0.6) is 0 Å². The monoisotopic (exact) mass is 287 g/mol. The summed E-state index contributed by atoms with van der Waals surface area (Å²) in [6.07, 6.45) is 3.45. The van der Waals surface area contributed by atoms with Crippen molar-refractivity contribution < 1.29 is 5.11 Å². The highest BCUT2D eigenvalue weighted by molar-refractivity contribution is 5.27. The zero-order chi connectivity index (χ0) is 15.4. The summed E-state index contributed by atoms with van der Waals surface area (Å²) in [7, 11) is 0. The number of hydrogen-bond acceptors (Lipinski definition) is 3. The maximum absolute atomic E-state index is 10.3. The third-order valence-electron chi connectivity index (χ3n) is 3.82. The molecule has 1 heterocycles. The number of aryl methyl sites for hydroxylation is 1. The zero-order valence-corrected chi connectivity index (χ0v) is 13.2. The van der Waals surface area contributed by atoms with E-state index in [0.717, 1.165) is 16.7 Å². The van der Waals surface area contributed by atoms with E-state index in [9.17, 15) is 5.11 Å². The van der Waals surface area contributed by atoms with Crippen LogP contribution >= 0.6 is 0 Å². The van der Waals surface area contributed by atoms with E-state index < -0.39 is 6.10 Å². The molecule has 1 aromatic carbocycles. The van der Waals surface area contributed by atoms with Crippen molar-refractivity contribution in [3.05, 3.63) is 53.3 Å². The van der Waals surface area contributed by atoms with E-state index in [-0.39, 0.29) is 6.04 Å². The molecule has 0 saturated carbocycles. The number of aliphatic hydroxyl groups is 1. The number of rotatable bonds is 6. The number of hydrogen-bond donors (Lipinski definition) is 2. The van der Waals surface area contributed by atoms with Crippen molar-refractivity contribution in [3.8, 4) is 0 Å². The second-order valence-corrected chi connectivity index (χ2v) is 5.85. The summed E-state index contributed by atoms with van der Waals surface area (Å²) in [5, 5.41) is 18.0. The van der Waals surface area contributed by atoms with Crippen LogP contribution in [0.2, 0.25) is 0 Å². The van der Waals surface area contributed by atoms with Gasteiger partial charge in [0.25, 0.3) is 0 Å². The molecule has 0 aliphatic carbocycles. The quantitative estimate of drug-likeness (QED) is 0.858. The molecular formula is C17H25N3O. The Morgan fingerprint density at radius 2 is 1.95 bits per heavy atom. The minimum Gasteiger partial charge on any atom is -0.387 e. The summed E-state index contributed by atoms with van der Waals surface area (Å²) in [6.45, 7) is 8.85. The Balaban J connectivity index is 1.94. The SMILES string of the molecule is Cc1ccccc1C(O)CNC(C)c1cnn(C(C)C)c1. The number of aromatic nitrogens is 2. The lowest BCUT2D eigenvalue weighted by atomic mass is 10.0. The van der Waals surface area contributed by atoms with Gasteiger partial charge in [0.05, 0.1) is 12.3 Å². The Morgan fingerprint density at radius 3 is 2.57 bits per heavy atom. The van der Waals surface area contributed by atoms with Gasteiger partial charge in [-0.15, -0.1) is 0 Å². The maximum Gasteiger partial charge on any atom is 0.0917 e. The third-order valence-corrected chi connectivity index (χ3v) is 3.82. The lowest BCUT2D eigenvalue weighted by molar-refractivity contribution is 0.170. The van der Waals surface area contributed by atoms with E-state index in [0.29, 0.717) is 12.6 Å². The van der Waals surface area contributed by atoms with Crippen LogP contribution in [0.25, 0.3) is 0 Å². The lowest BCUT2D eigenvalue weighted by Crippen LogP contribution is -2.24. The summed E-state index contributed by atoms with van der Waals surface area (Å²) in [5.41, 5.74) is 3.24. The molecule has 21 heavy (non-hydrogen) atoms. The molecule has 0 saturated heterocycles. The van der Waals surface area contributed by atoms with Crippen LogP contribution < -0.4 is 5.32 Å². The third kappa shape index (κ3) is 3.93. The van der Waals surface area contributed by atoms with Gasteiger partial charge in [0.15, 0.2) is 0 Å². The van der Waals surface area contributed by atoms with Gasteiger partial charge in [-0.2, -0.15) is 5.10 Å². The van der Waals surface area contributed by atoms with Crippen molar-refractivity contribution in [2.24, 2.45) is 0 Å². The first-order valence-electron chi connectivity index (χ1n) is 7.50. The van der Waals surface area contributed by atoms with Gasteiger partial charge in [-0.3, -0.25) is 4.68 Å². The highest BCUT2D eigenvalue weighted by Crippen LogP contribution is 2.18. The highest BCUT2D eigenvalue weighted by atomic mass is 16.3. The summed E-state index contributed by atoms with van der Waals surface area (Å²) in [6, 6.07) is 8.47. The molecular weight excluding hydrogens is 262 g/mol. The molecule has 2 rings (SSSR count). The van der Waals surface area contributed by atoms with E-state index in [1.807, 2.05) is 42.1 Å². The Bertz CT molecular complexity index is 577. The van der Waals surface area contributed by atoms with Gasteiger partial charge in [-0.1, -0.05) is 24.3 Å². The minimum atomic E-state index is -0.492. The zero-order valence-electron chi connectivity index (χ0n) is 13.2. The predicted molar refractivity (Wildman–Crippen MR) is 85.2 cm³/mol. The molecule has 0 spiro atoms. The molecule has 0 aliphatic rings. The standard InChI is InChI=1S/C17H25N3O/c1-12(2)20-11-15(9-19-20)14(4)18-10-17(21)16-8-6-5-7-13(16)3/h5-9,11-12,14,17-18,21H,10H2,1-4H3. The van der Waals surface area contributed by atoms with Gasteiger partial charge in [0, 0.05) is 30.4 Å². The van der Waals surface area contributed by atoms with Crippen LogP contribution in [0, 0.1) is 6.92 Å². The molecule has 2 aromatic rings. The summed E-state index contributed by atoms with van der Waals surface area (Å²) in [4.78, 5) is 0. The first kappa shape index (κ1) is 15.7. The molecule has 2 N–H and O–H groups in total. The predicted octanol–water partition coefficient (Wildman–Crippen LogP) is 3.16. The average molecular weight is 287 g/mol. The Kier molecular flexibility index (Phi) is 5.15. The molecule has 0 amide bonds. The summed E-state index contributed by atoms with van der Waals surface area (Å²) in [5.74, 6) is 0. The van der Waals surface area contributed by atoms with Gasteiger partial charge >= 0.3 is 0 Å². The molecule has 0 bridgehead atoms. The number of aliphatic hydroxyl groups excluding tert-OH is 1. The summed E-state index contributed by atoms with van der Waals surface area (Å²) >= 11 is 0. The van der Waals surface area contributed by atoms with E-state index in [1.165, 1.54) is 0 Å². The maximum atomic E-state index is 10.3. The second kappa shape index (κ2) is 6.87. The number of benzene rings is 1. The van der Waals surface area contributed by atoms with E-state index in [4.69, 9.17) is 0 Å². The van der Waals surface area contributed by atoms with Crippen LogP contribution in [0.1, 0.15) is 55.6 Å². The molecule has 2 unspecified atom stereocenters. The van der Waals surface area contributed by atoms with Gasteiger partial charge in [0.1, 0.15) is 0 Å². The fraction of sp³-hybridized carbons (Fsp3) is 0.471. The van der Waals surface area contributed by atoms with E-state index in [2.05, 4.69) is 37.4 Å². The van der Waals surface area contributed by atoms with Crippen molar-refractivity contribution in [2.75, 3.05) is 6.54 Å². The topological polar surface area (TPSA) is 50.1 Å². The van der Waals surface area contributed by atoms with E-state index in [1.54, 1.807) is 0 Å². The van der Waals surface area contributed by atoms with Gasteiger partial charge < -0.3 is 10.4 Å². The van der Waals surface area contributed by atoms with Crippen LogP contribution in [0.15, 0.2) is 36.7 Å². The minimum absolute atomic E-state index is 0.163. The van der Waals surface area contributed by atoms with Crippen molar-refractivity contribution in [1.82, 2.24) is 15.1 Å². The molecule has 1 aromatic heterocycles. The van der Waals surface area contributed by atoms with Gasteiger partial charge in [-0.05, 0) is 38.8 Å². The van der Waals surface area contributed by atoms with Gasteiger partial charge in [-0.25, -0.2) is 0 Å². The Morgan fingerprint density at radius 1 is 1.24 bits per heavy atom. The normalized spacial score (nSPS) is 14.4. The molecule has 0 fully saturated rings. The summed E-state index contributed by atoms with van der Waals surface area (Å²) < 4.78 is 1.95. The lowest BCUT2D eigenvalue weighted by Gasteiger charge is -2.18. The first-order valence-corrected chi connectivity index (χ1v) is 7.50. The van der Waals surface area contributed by atoms with Crippen molar-refractivity contribution >= 4 is 0 Å². The molecule has 4 nitrogen and oxygen atoms in total. The van der Waals surface area contributed by atoms with Crippen molar-refractivity contribution in [3.63, 3.8) is 0 Å². The van der Waals surface area contributed by atoms with E-state index >= 15 is 0 Å².